The summed E-state index contributed by atoms with van der Waals surface area (Å²) in [5, 5.41) is 3.94. The Morgan fingerprint density at radius 2 is 1.72 bits per heavy atom. The van der Waals surface area contributed by atoms with Crippen molar-refractivity contribution >= 4 is 11.6 Å². The first kappa shape index (κ1) is 21.7. The highest BCUT2D eigenvalue weighted by Crippen LogP contribution is 2.29. The Hall–Kier alpha value is -3.48. The summed E-state index contributed by atoms with van der Waals surface area (Å²) in [6.45, 7) is 9.66. The van der Waals surface area contributed by atoms with Crippen LogP contribution in [0.25, 0.3) is 0 Å². The molecule has 0 N–H and O–H groups in total. The molecule has 7 heteroatoms. The topological polar surface area (TPSA) is 68.0 Å². The summed E-state index contributed by atoms with van der Waals surface area (Å²) < 4.78 is 16.8. The number of nitrogens with zero attached hydrogens (tertiary/aromatic N) is 3. The molecule has 0 aliphatic carbocycles. The fraction of sp³-hybridized carbons (Fsp3) is 0.360. The van der Waals surface area contributed by atoms with Crippen molar-refractivity contribution in [3.05, 3.63) is 71.1 Å². The first-order valence-corrected chi connectivity index (χ1v) is 11.0. The van der Waals surface area contributed by atoms with Gasteiger partial charge in [-0.3, -0.25) is 4.79 Å². The number of piperazine rings is 1. The van der Waals surface area contributed by atoms with Crippen molar-refractivity contribution < 1.29 is 18.8 Å². The molecular weight excluding hydrogens is 406 g/mol. The van der Waals surface area contributed by atoms with Gasteiger partial charge in [0, 0.05) is 31.7 Å². The molecule has 1 fully saturated rings. The number of rotatable bonds is 7. The van der Waals surface area contributed by atoms with Crippen LogP contribution in [0.3, 0.4) is 0 Å². The smallest absolute Gasteiger partial charge is 0.253 e. The Kier molecular flexibility index (Phi) is 6.63. The lowest BCUT2D eigenvalue weighted by atomic mass is 10.1. The van der Waals surface area contributed by atoms with Crippen molar-refractivity contribution in [1.29, 1.82) is 0 Å². The SMILES string of the molecule is CCOc1ccccc1N1CCN(C(=O)c2ccc(OCc3c(C)noc3C)cc2)CC1. The highest BCUT2D eigenvalue weighted by atomic mass is 16.5. The van der Waals surface area contributed by atoms with Gasteiger partial charge in [-0.25, -0.2) is 0 Å². The normalized spacial score (nSPS) is 13.8. The van der Waals surface area contributed by atoms with Crippen LogP contribution in [0.1, 0.15) is 34.3 Å². The van der Waals surface area contributed by atoms with Crippen molar-refractivity contribution in [2.75, 3.05) is 37.7 Å². The lowest BCUT2D eigenvalue weighted by Crippen LogP contribution is -2.48. The van der Waals surface area contributed by atoms with Gasteiger partial charge in [0.15, 0.2) is 0 Å². The summed E-state index contributed by atoms with van der Waals surface area (Å²) >= 11 is 0. The summed E-state index contributed by atoms with van der Waals surface area (Å²) in [5.74, 6) is 2.40. The van der Waals surface area contributed by atoms with Crippen molar-refractivity contribution in [3.63, 3.8) is 0 Å². The fourth-order valence-corrected chi connectivity index (χ4v) is 3.89. The number of hydrogen-bond acceptors (Lipinski definition) is 6. The van der Waals surface area contributed by atoms with Gasteiger partial charge in [0.25, 0.3) is 5.91 Å². The summed E-state index contributed by atoms with van der Waals surface area (Å²) in [5.41, 5.74) is 3.53. The number of carbonyl (C=O) groups excluding carboxylic acids is 1. The number of benzene rings is 2. The molecular formula is C25H29N3O4. The molecule has 1 aromatic heterocycles. The average molecular weight is 436 g/mol. The van der Waals surface area contributed by atoms with Crippen molar-refractivity contribution in [2.24, 2.45) is 0 Å². The number of carbonyl (C=O) groups is 1. The monoisotopic (exact) mass is 435 g/mol. The molecule has 0 atom stereocenters. The van der Waals surface area contributed by atoms with Crippen LogP contribution in [0, 0.1) is 13.8 Å². The summed E-state index contributed by atoms with van der Waals surface area (Å²) in [4.78, 5) is 17.2. The van der Waals surface area contributed by atoms with E-state index >= 15 is 0 Å². The zero-order valence-corrected chi connectivity index (χ0v) is 18.8. The van der Waals surface area contributed by atoms with Crippen LogP contribution in [0.15, 0.2) is 53.1 Å². The number of ether oxygens (including phenoxy) is 2. The standard InChI is InChI=1S/C25H29N3O4/c1-4-30-24-8-6-5-7-23(24)27-13-15-28(16-14-27)25(29)20-9-11-21(12-10-20)31-17-22-18(2)26-32-19(22)3/h5-12H,4,13-17H2,1-3H3. The van der Waals surface area contributed by atoms with E-state index in [1.54, 1.807) is 0 Å². The molecule has 0 spiro atoms. The maximum absolute atomic E-state index is 13.0. The summed E-state index contributed by atoms with van der Waals surface area (Å²) in [6, 6.07) is 15.4. The molecule has 2 aromatic carbocycles. The summed E-state index contributed by atoms with van der Waals surface area (Å²) in [7, 11) is 0. The molecule has 7 nitrogen and oxygen atoms in total. The van der Waals surface area contributed by atoms with Crippen LogP contribution in [0.5, 0.6) is 11.5 Å². The zero-order valence-electron chi connectivity index (χ0n) is 18.8. The van der Waals surface area contributed by atoms with E-state index in [9.17, 15) is 4.79 Å². The van der Waals surface area contributed by atoms with Gasteiger partial charge in [0.2, 0.25) is 0 Å². The molecule has 3 aromatic rings. The minimum Gasteiger partial charge on any atom is -0.492 e. The maximum atomic E-state index is 13.0. The minimum absolute atomic E-state index is 0.0417. The van der Waals surface area contributed by atoms with E-state index in [0.29, 0.717) is 37.6 Å². The molecule has 1 saturated heterocycles. The van der Waals surface area contributed by atoms with Gasteiger partial charge < -0.3 is 23.8 Å². The van der Waals surface area contributed by atoms with E-state index < -0.39 is 0 Å². The molecule has 0 radical (unpaired) electrons. The van der Waals surface area contributed by atoms with Crippen molar-refractivity contribution in [2.45, 2.75) is 27.4 Å². The van der Waals surface area contributed by atoms with Gasteiger partial charge >= 0.3 is 0 Å². The van der Waals surface area contributed by atoms with Gasteiger partial charge in [-0.2, -0.15) is 0 Å². The lowest BCUT2D eigenvalue weighted by molar-refractivity contribution is 0.0746. The molecule has 168 valence electrons. The Labute approximate surface area is 188 Å². The second-order valence-corrected chi connectivity index (χ2v) is 7.80. The largest absolute Gasteiger partial charge is 0.492 e. The predicted molar refractivity (Wildman–Crippen MR) is 122 cm³/mol. The lowest BCUT2D eigenvalue weighted by Gasteiger charge is -2.36. The van der Waals surface area contributed by atoms with E-state index in [2.05, 4.69) is 16.1 Å². The van der Waals surface area contributed by atoms with Crippen LogP contribution in [0.2, 0.25) is 0 Å². The Balaban J connectivity index is 1.33. The van der Waals surface area contributed by atoms with Crippen LogP contribution in [-0.4, -0.2) is 48.7 Å². The van der Waals surface area contributed by atoms with Crippen LogP contribution in [0.4, 0.5) is 5.69 Å². The number of hydrogen-bond donors (Lipinski definition) is 0. The van der Waals surface area contributed by atoms with E-state index in [4.69, 9.17) is 14.0 Å². The molecule has 1 amide bonds. The second kappa shape index (κ2) is 9.77. The molecule has 0 saturated carbocycles. The van der Waals surface area contributed by atoms with E-state index in [1.807, 2.05) is 68.1 Å². The molecule has 0 unspecified atom stereocenters. The minimum atomic E-state index is 0.0417. The van der Waals surface area contributed by atoms with Gasteiger partial charge in [0.05, 0.1) is 23.6 Å². The maximum Gasteiger partial charge on any atom is 0.253 e. The third-order valence-electron chi connectivity index (χ3n) is 5.74. The number of anilines is 1. The highest BCUT2D eigenvalue weighted by molar-refractivity contribution is 5.94. The number of para-hydroxylation sites is 2. The van der Waals surface area contributed by atoms with Gasteiger partial charge in [-0.05, 0) is 57.2 Å². The average Bonchev–Trinajstić information content (AvgIpc) is 3.15. The number of aromatic nitrogens is 1. The Morgan fingerprint density at radius 1 is 1.00 bits per heavy atom. The first-order chi connectivity index (χ1) is 15.6. The van der Waals surface area contributed by atoms with Crippen molar-refractivity contribution in [1.82, 2.24) is 10.1 Å². The van der Waals surface area contributed by atoms with E-state index in [1.165, 1.54) is 0 Å². The fourth-order valence-electron chi connectivity index (χ4n) is 3.89. The van der Waals surface area contributed by atoms with E-state index in [0.717, 1.165) is 41.5 Å². The number of amides is 1. The quantitative estimate of drug-likeness (QED) is 0.553. The first-order valence-electron chi connectivity index (χ1n) is 11.0. The van der Waals surface area contributed by atoms with Gasteiger partial charge in [-0.1, -0.05) is 17.3 Å². The third kappa shape index (κ3) is 4.72. The predicted octanol–water partition coefficient (Wildman–Crippen LogP) is 4.23. The van der Waals surface area contributed by atoms with Gasteiger partial charge in [-0.15, -0.1) is 0 Å². The van der Waals surface area contributed by atoms with Crippen LogP contribution in [-0.2, 0) is 6.61 Å². The Morgan fingerprint density at radius 3 is 2.38 bits per heavy atom. The molecule has 32 heavy (non-hydrogen) atoms. The summed E-state index contributed by atoms with van der Waals surface area (Å²) in [6.07, 6.45) is 0. The molecule has 0 bridgehead atoms. The zero-order chi connectivity index (χ0) is 22.5. The molecule has 4 rings (SSSR count). The number of aryl methyl sites for hydroxylation is 2. The van der Waals surface area contributed by atoms with Gasteiger partial charge in [0.1, 0.15) is 23.9 Å². The van der Waals surface area contributed by atoms with Crippen LogP contribution >= 0.6 is 0 Å². The Bertz CT molecular complexity index is 1030. The second-order valence-electron chi connectivity index (χ2n) is 7.80. The van der Waals surface area contributed by atoms with Crippen molar-refractivity contribution in [3.8, 4) is 11.5 Å². The van der Waals surface area contributed by atoms with E-state index in [-0.39, 0.29) is 5.91 Å². The molecule has 2 heterocycles. The molecule has 1 aliphatic rings. The highest BCUT2D eigenvalue weighted by Gasteiger charge is 2.24. The third-order valence-corrected chi connectivity index (χ3v) is 5.74. The van der Waals surface area contributed by atoms with Crippen LogP contribution < -0.4 is 14.4 Å². The molecule has 1 aliphatic heterocycles.